The van der Waals surface area contributed by atoms with Crippen molar-refractivity contribution in [2.75, 3.05) is 6.61 Å². The number of aromatic nitrogens is 1. The highest BCUT2D eigenvalue weighted by molar-refractivity contribution is 5.97. The molecule has 0 aliphatic rings. The van der Waals surface area contributed by atoms with Gasteiger partial charge in [0, 0.05) is 6.92 Å². The molecule has 0 aromatic carbocycles. The fourth-order valence-corrected chi connectivity index (χ4v) is 0.867. The number of nitrogens with zero attached hydrogens (tertiary/aromatic N) is 1. The highest BCUT2D eigenvalue weighted by Gasteiger charge is 2.07. The Balaban J connectivity index is 3.05. The van der Waals surface area contributed by atoms with Crippen molar-refractivity contribution < 1.29 is 14.7 Å². The van der Waals surface area contributed by atoms with Crippen LogP contribution in [0.25, 0.3) is 0 Å². The van der Waals surface area contributed by atoms with Gasteiger partial charge in [-0.1, -0.05) is 6.07 Å². The number of carbonyl (C=O) groups excluding carboxylic acids is 2. The fraction of sp³-hybridized carbons (Fsp3) is 0.222. The van der Waals surface area contributed by atoms with Crippen LogP contribution in [0.2, 0.25) is 0 Å². The summed E-state index contributed by atoms with van der Waals surface area (Å²) in [6.07, 6.45) is 0. The van der Waals surface area contributed by atoms with Gasteiger partial charge in [-0.2, -0.15) is 0 Å². The summed E-state index contributed by atoms with van der Waals surface area (Å²) in [6, 6.07) is 4.55. The number of rotatable bonds is 3. The lowest BCUT2D eigenvalue weighted by Crippen LogP contribution is -2.09. The van der Waals surface area contributed by atoms with Gasteiger partial charge in [-0.3, -0.25) is 9.59 Å². The Morgan fingerprint density at radius 1 is 1.38 bits per heavy atom. The zero-order chi connectivity index (χ0) is 9.84. The molecule has 1 aromatic rings. The van der Waals surface area contributed by atoms with E-state index in [-0.39, 0.29) is 17.2 Å². The molecule has 0 spiro atoms. The zero-order valence-corrected chi connectivity index (χ0v) is 7.15. The first-order chi connectivity index (χ1) is 6.15. The van der Waals surface area contributed by atoms with Crippen LogP contribution in [0.5, 0.6) is 0 Å². The molecule has 0 unspecified atom stereocenters. The molecule has 1 aromatic heterocycles. The molecule has 0 aliphatic carbocycles. The van der Waals surface area contributed by atoms with E-state index in [9.17, 15) is 9.59 Å². The summed E-state index contributed by atoms with van der Waals surface area (Å²) in [5.41, 5.74) is 0.356. The Kier molecular flexibility index (Phi) is 2.87. The topological polar surface area (TPSA) is 67.3 Å². The molecule has 0 amide bonds. The van der Waals surface area contributed by atoms with E-state index in [1.165, 1.54) is 19.1 Å². The summed E-state index contributed by atoms with van der Waals surface area (Å²) in [4.78, 5) is 25.6. The molecule has 68 valence electrons. The minimum absolute atomic E-state index is 0.121. The first kappa shape index (κ1) is 9.54. The average molecular weight is 179 g/mol. The molecule has 4 nitrogen and oxygen atoms in total. The van der Waals surface area contributed by atoms with E-state index in [2.05, 4.69) is 4.98 Å². The maximum Gasteiger partial charge on any atom is 0.206 e. The predicted molar refractivity (Wildman–Crippen MR) is 45.7 cm³/mol. The zero-order valence-electron chi connectivity index (χ0n) is 7.15. The van der Waals surface area contributed by atoms with Gasteiger partial charge in [0.1, 0.15) is 18.0 Å². The third-order valence-electron chi connectivity index (χ3n) is 1.54. The van der Waals surface area contributed by atoms with Gasteiger partial charge < -0.3 is 5.11 Å². The molecule has 0 aliphatic heterocycles. The second kappa shape index (κ2) is 3.91. The lowest BCUT2D eigenvalue weighted by molar-refractivity contribution is 0.0898. The number of hydrogen-bond donors (Lipinski definition) is 1. The number of pyridine rings is 1. The van der Waals surface area contributed by atoms with Crippen molar-refractivity contribution in [3.8, 4) is 0 Å². The predicted octanol–water partition coefficient (Wildman–Crippen LogP) is 0.459. The molecule has 0 atom stereocenters. The monoisotopic (exact) mass is 179 g/mol. The van der Waals surface area contributed by atoms with E-state index in [0.717, 1.165) is 0 Å². The minimum Gasteiger partial charge on any atom is -0.388 e. The van der Waals surface area contributed by atoms with Gasteiger partial charge in [-0.05, 0) is 12.1 Å². The van der Waals surface area contributed by atoms with Crippen molar-refractivity contribution in [3.63, 3.8) is 0 Å². The number of aliphatic hydroxyl groups is 1. The fourth-order valence-electron chi connectivity index (χ4n) is 0.867. The molecule has 4 heteroatoms. The molecule has 0 radical (unpaired) electrons. The van der Waals surface area contributed by atoms with Gasteiger partial charge >= 0.3 is 0 Å². The van der Waals surface area contributed by atoms with Crippen LogP contribution in [0.3, 0.4) is 0 Å². The summed E-state index contributed by atoms with van der Waals surface area (Å²) in [5.74, 6) is -0.685. The van der Waals surface area contributed by atoms with E-state index in [1.807, 2.05) is 0 Å². The van der Waals surface area contributed by atoms with Crippen molar-refractivity contribution in [2.24, 2.45) is 0 Å². The van der Waals surface area contributed by atoms with Crippen molar-refractivity contribution in [3.05, 3.63) is 29.6 Å². The van der Waals surface area contributed by atoms with Crippen molar-refractivity contribution >= 4 is 11.6 Å². The van der Waals surface area contributed by atoms with Crippen LogP contribution in [0.15, 0.2) is 18.2 Å². The molecule has 13 heavy (non-hydrogen) atoms. The number of Topliss-reactive ketones (excluding diaryl/α,β-unsaturated/α-hetero) is 2. The Labute approximate surface area is 75.2 Å². The second-order valence-corrected chi connectivity index (χ2v) is 2.55. The van der Waals surface area contributed by atoms with E-state index >= 15 is 0 Å². The molecule has 0 bridgehead atoms. The van der Waals surface area contributed by atoms with Crippen LogP contribution in [-0.4, -0.2) is 28.3 Å². The van der Waals surface area contributed by atoms with Gasteiger partial charge in [0.2, 0.25) is 5.78 Å². The van der Waals surface area contributed by atoms with Crippen LogP contribution in [0, 0.1) is 0 Å². The lowest BCUT2D eigenvalue weighted by atomic mass is 10.2. The summed E-state index contributed by atoms with van der Waals surface area (Å²) in [7, 11) is 0. The Hall–Kier alpha value is -1.55. The molecular weight excluding hydrogens is 170 g/mol. The third-order valence-corrected chi connectivity index (χ3v) is 1.54. The quantitative estimate of drug-likeness (QED) is 0.684. The smallest absolute Gasteiger partial charge is 0.206 e. The molecule has 1 rings (SSSR count). The first-order valence-corrected chi connectivity index (χ1v) is 3.77. The van der Waals surface area contributed by atoms with Crippen molar-refractivity contribution in [1.29, 1.82) is 0 Å². The van der Waals surface area contributed by atoms with E-state index in [1.54, 1.807) is 6.07 Å². The highest BCUT2D eigenvalue weighted by atomic mass is 16.3. The standard InChI is InChI=1S/C9H9NO3/c1-6(12)7-3-2-4-8(10-7)9(13)5-11/h2-4,11H,5H2,1H3. The van der Waals surface area contributed by atoms with E-state index in [0.29, 0.717) is 0 Å². The van der Waals surface area contributed by atoms with Gasteiger partial charge in [-0.15, -0.1) is 0 Å². The molecule has 1 heterocycles. The van der Waals surface area contributed by atoms with Crippen LogP contribution in [0.4, 0.5) is 0 Å². The molecule has 0 fully saturated rings. The maximum atomic E-state index is 11.0. The second-order valence-electron chi connectivity index (χ2n) is 2.55. The highest BCUT2D eigenvalue weighted by Crippen LogP contribution is 2.00. The van der Waals surface area contributed by atoms with Crippen LogP contribution in [0.1, 0.15) is 27.9 Å². The largest absolute Gasteiger partial charge is 0.388 e. The summed E-state index contributed by atoms with van der Waals surface area (Å²) >= 11 is 0. The molecule has 1 N–H and O–H groups in total. The summed E-state index contributed by atoms with van der Waals surface area (Å²) in [6.45, 7) is 0.782. The maximum absolute atomic E-state index is 11.0. The molecular formula is C9H9NO3. The Morgan fingerprint density at radius 2 is 2.00 bits per heavy atom. The minimum atomic E-state index is -0.589. The SMILES string of the molecule is CC(=O)c1cccc(C(=O)CO)n1. The van der Waals surface area contributed by atoms with E-state index in [4.69, 9.17) is 5.11 Å². The van der Waals surface area contributed by atoms with Gasteiger partial charge in [-0.25, -0.2) is 4.98 Å². The van der Waals surface area contributed by atoms with Crippen LogP contribution in [-0.2, 0) is 0 Å². The lowest BCUT2D eigenvalue weighted by Gasteiger charge is -1.98. The van der Waals surface area contributed by atoms with E-state index < -0.39 is 12.4 Å². The van der Waals surface area contributed by atoms with Gasteiger partial charge in [0.25, 0.3) is 0 Å². The number of hydrogen-bond acceptors (Lipinski definition) is 4. The van der Waals surface area contributed by atoms with Gasteiger partial charge in [0.15, 0.2) is 5.78 Å². The normalized spacial score (nSPS) is 9.69. The third kappa shape index (κ3) is 2.19. The summed E-state index contributed by atoms with van der Waals surface area (Å²) in [5, 5.41) is 8.54. The number of carbonyl (C=O) groups is 2. The number of ketones is 2. The van der Waals surface area contributed by atoms with Crippen molar-refractivity contribution in [1.82, 2.24) is 4.98 Å². The Morgan fingerprint density at radius 3 is 2.54 bits per heavy atom. The Bertz CT molecular complexity index is 346. The molecule has 0 saturated carbocycles. The van der Waals surface area contributed by atoms with Crippen LogP contribution >= 0.6 is 0 Å². The first-order valence-electron chi connectivity index (χ1n) is 3.77. The molecule has 0 saturated heterocycles. The number of aliphatic hydroxyl groups excluding tert-OH is 1. The summed E-state index contributed by atoms with van der Waals surface area (Å²) < 4.78 is 0. The van der Waals surface area contributed by atoms with Crippen LogP contribution < -0.4 is 0 Å². The average Bonchev–Trinajstić information content (AvgIpc) is 2.17. The van der Waals surface area contributed by atoms with Gasteiger partial charge in [0.05, 0.1) is 0 Å². The van der Waals surface area contributed by atoms with Crippen molar-refractivity contribution in [2.45, 2.75) is 6.92 Å².